The van der Waals surface area contributed by atoms with Crippen molar-refractivity contribution in [2.75, 3.05) is 5.75 Å². The van der Waals surface area contributed by atoms with Gasteiger partial charge in [-0.2, -0.15) is 0 Å². The molecule has 0 aliphatic carbocycles. The van der Waals surface area contributed by atoms with E-state index < -0.39 is 16.1 Å². The fourth-order valence-electron chi connectivity index (χ4n) is 4.76. The zero-order valence-corrected chi connectivity index (χ0v) is 26.5. The Bertz CT molecular complexity index is 1530. The summed E-state index contributed by atoms with van der Waals surface area (Å²) in [6, 6.07) is 21.0. The van der Waals surface area contributed by atoms with Gasteiger partial charge in [0.1, 0.15) is 5.82 Å². The fraction of sp³-hybridized carbons (Fsp3) is 0.375. The van der Waals surface area contributed by atoms with Crippen molar-refractivity contribution in [2.45, 2.75) is 75.7 Å². The smallest absolute Gasteiger partial charge is 0.212 e. The standard InChI is InChI=1S/C32H38ClFN4O2S2/c1-3-4-5-6-7-11-20-42(39,40)37-29(21-25-12-9-8-10-13-25)31-35-36-32(41-23-26-15-18-28(34)19-16-26)38(31)30-22-27(33)17-14-24(30)2/h8-10,12-19,22,29,37H,3-7,11,20-21,23H2,1-2H3. The molecule has 1 unspecified atom stereocenters. The number of aryl methyl sites for hydroxylation is 1. The topological polar surface area (TPSA) is 76.9 Å². The zero-order valence-electron chi connectivity index (χ0n) is 24.1. The molecule has 0 bridgehead atoms. The van der Waals surface area contributed by atoms with Crippen LogP contribution >= 0.6 is 23.4 Å². The number of unbranched alkanes of at least 4 members (excludes halogenated alkanes) is 5. The maximum absolute atomic E-state index is 13.5. The Hall–Kier alpha value is -2.72. The van der Waals surface area contributed by atoms with E-state index in [0.717, 1.165) is 48.1 Å². The molecular weight excluding hydrogens is 591 g/mol. The second-order valence-corrected chi connectivity index (χ2v) is 13.7. The number of thioether (sulfide) groups is 1. The van der Waals surface area contributed by atoms with Gasteiger partial charge in [0.25, 0.3) is 0 Å². The molecule has 0 radical (unpaired) electrons. The monoisotopic (exact) mass is 628 g/mol. The van der Waals surface area contributed by atoms with Gasteiger partial charge in [0.05, 0.1) is 17.5 Å². The summed E-state index contributed by atoms with van der Waals surface area (Å²) >= 11 is 7.88. The minimum atomic E-state index is -3.61. The second-order valence-electron chi connectivity index (χ2n) is 10.5. The summed E-state index contributed by atoms with van der Waals surface area (Å²) in [5, 5.41) is 10.2. The third-order valence-corrected chi connectivity index (χ3v) is 9.74. The van der Waals surface area contributed by atoms with Crippen molar-refractivity contribution in [3.05, 3.63) is 106 Å². The van der Waals surface area contributed by atoms with E-state index >= 15 is 0 Å². The molecule has 0 spiro atoms. The lowest BCUT2D eigenvalue weighted by atomic mass is 10.1. The quantitative estimate of drug-likeness (QED) is 0.0999. The Labute approximate surface area is 258 Å². The van der Waals surface area contributed by atoms with Crippen LogP contribution in [0.4, 0.5) is 4.39 Å². The Morgan fingerprint density at radius 2 is 1.64 bits per heavy atom. The first-order chi connectivity index (χ1) is 20.3. The fourth-order valence-corrected chi connectivity index (χ4v) is 7.16. The summed E-state index contributed by atoms with van der Waals surface area (Å²) in [6.07, 6.45) is 6.37. The number of rotatable bonds is 16. The molecule has 3 aromatic carbocycles. The molecular formula is C32H38ClFN4O2S2. The minimum Gasteiger partial charge on any atom is -0.272 e. The first-order valence-electron chi connectivity index (χ1n) is 14.4. The number of hydrogen-bond donors (Lipinski definition) is 1. The summed E-state index contributed by atoms with van der Waals surface area (Å²) in [5.41, 5.74) is 3.62. The van der Waals surface area contributed by atoms with Crippen molar-refractivity contribution in [2.24, 2.45) is 0 Å². The Morgan fingerprint density at radius 1 is 0.929 bits per heavy atom. The van der Waals surface area contributed by atoms with Crippen LogP contribution in [-0.2, 0) is 22.2 Å². The van der Waals surface area contributed by atoms with E-state index in [1.807, 2.05) is 60.0 Å². The number of halogens is 2. The van der Waals surface area contributed by atoms with Crippen molar-refractivity contribution in [1.82, 2.24) is 19.5 Å². The van der Waals surface area contributed by atoms with E-state index in [1.165, 1.54) is 30.3 Å². The van der Waals surface area contributed by atoms with Gasteiger partial charge < -0.3 is 0 Å². The molecule has 6 nitrogen and oxygen atoms in total. The predicted octanol–water partition coefficient (Wildman–Crippen LogP) is 8.22. The van der Waals surface area contributed by atoms with E-state index in [-0.39, 0.29) is 11.6 Å². The van der Waals surface area contributed by atoms with E-state index in [1.54, 1.807) is 12.1 Å². The molecule has 0 aliphatic rings. The van der Waals surface area contributed by atoms with Crippen molar-refractivity contribution in [3.63, 3.8) is 0 Å². The van der Waals surface area contributed by atoms with Gasteiger partial charge in [-0.25, -0.2) is 17.5 Å². The highest BCUT2D eigenvalue weighted by atomic mass is 35.5. The van der Waals surface area contributed by atoms with Gasteiger partial charge in [-0.15, -0.1) is 10.2 Å². The van der Waals surface area contributed by atoms with Crippen LogP contribution < -0.4 is 4.72 Å². The summed E-state index contributed by atoms with van der Waals surface area (Å²) < 4.78 is 45.1. The van der Waals surface area contributed by atoms with Crippen molar-refractivity contribution >= 4 is 33.4 Å². The lowest BCUT2D eigenvalue weighted by Gasteiger charge is -2.21. The van der Waals surface area contributed by atoms with Crippen LogP contribution in [0.25, 0.3) is 5.69 Å². The molecule has 4 aromatic rings. The van der Waals surface area contributed by atoms with Gasteiger partial charge in [0.2, 0.25) is 10.0 Å². The van der Waals surface area contributed by atoms with Crippen molar-refractivity contribution < 1.29 is 12.8 Å². The Kier molecular flexibility index (Phi) is 12.0. The first-order valence-corrected chi connectivity index (χ1v) is 17.4. The molecule has 1 atom stereocenters. The predicted molar refractivity (Wildman–Crippen MR) is 170 cm³/mol. The van der Waals surface area contributed by atoms with E-state index in [0.29, 0.717) is 34.6 Å². The third-order valence-electron chi connectivity index (χ3n) is 7.03. The molecule has 42 heavy (non-hydrogen) atoms. The molecule has 0 aliphatic heterocycles. The Morgan fingerprint density at radius 3 is 2.38 bits per heavy atom. The van der Waals surface area contributed by atoms with E-state index in [4.69, 9.17) is 11.6 Å². The highest BCUT2D eigenvalue weighted by molar-refractivity contribution is 7.98. The average Bonchev–Trinajstić information content (AvgIpc) is 3.39. The second kappa shape index (κ2) is 15.7. The zero-order chi connectivity index (χ0) is 30.0. The molecule has 4 rings (SSSR count). The van der Waals surface area contributed by atoms with Crippen LogP contribution in [0.3, 0.4) is 0 Å². The lowest BCUT2D eigenvalue weighted by Crippen LogP contribution is -2.33. The number of nitrogens with zero attached hydrogens (tertiary/aromatic N) is 3. The number of aromatic nitrogens is 3. The average molecular weight is 629 g/mol. The molecule has 10 heteroatoms. The van der Waals surface area contributed by atoms with Crippen LogP contribution in [0.15, 0.2) is 78.0 Å². The summed E-state index contributed by atoms with van der Waals surface area (Å²) in [7, 11) is -3.61. The summed E-state index contributed by atoms with van der Waals surface area (Å²) in [6.45, 7) is 4.14. The van der Waals surface area contributed by atoms with E-state index in [2.05, 4.69) is 21.8 Å². The highest BCUT2D eigenvalue weighted by Crippen LogP contribution is 2.32. The van der Waals surface area contributed by atoms with Gasteiger partial charge in [-0.05, 0) is 60.7 Å². The minimum absolute atomic E-state index is 0.0565. The number of sulfonamides is 1. The van der Waals surface area contributed by atoms with Crippen LogP contribution in [0, 0.1) is 12.7 Å². The Balaban J connectivity index is 1.68. The number of benzene rings is 3. The number of hydrogen-bond acceptors (Lipinski definition) is 5. The SMILES string of the molecule is CCCCCCCCS(=O)(=O)NC(Cc1ccccc1)c1nnc(SCc2ccc(F)cc2)n1-c1cc(Cl)ccc1C. The normalized spacial score (nSPS) is 12.5. The highest BCUT2D eigenvalue weighted by Gasteiger charge is 2.28. The summed E-state index contributed by atoms with van der Waals surface area (Å²) in [5.74, 6) is 0.782. The van der Waals surface area contributed by atoms with Gasteiger partial charge in [-0.3, -0.25) is 4.57 Å². The van der Waals surface area contributed by atoms with Crippen molar-refractivity contribution in [1.29, 1.82) is 0 Å². The lowest BCUT2D eigenvalue weighted by molar-refractivity contribution is 0.532. The van der Waals surface area contributed by atoms with Gasteiger partial charge >= 0.3 is 0 Å². The van der Waals surface area contributed by atoms with Gasteiger partial charge in [0.15, 0.2) is 11.0 Å². The van der Waals surface area contributed by atoms with Crippen LogP contribution in [0.2, 0.25) is 5.02 Å². The molecule has 0 saturated heterocycles. The van der Waals surface area contributed by atoms with Crippen LogP contribution in [-0.4, -0.2) is 28.9 Å². The molecule has 224 valence electrons. The maximum Gasteiger partial charge on any atom is 0.212 e. The van der Waals surface area contributed by atoms with Gasteiger partial charge in [0, 0.05) is 10.8 Å². The first kappa shape index (κ1) is 32.2. The molecule has 0 amide bonds. The summed E-state index contributed by atoms with van der Waals surface area (Å²) in [4.78, 5) is 0. The molecule has 1 heterocycles. The molecule has 1 aromatic heterocycles. The van der Waals surface area contributed by atoms with Gasteiger partial charge in [-0.1, -0.05) is 111 Å². The van der Waals surface area contributed by atoms with Crippen LogP contribution in [0.5, 0.6) is 0 Å². The number of nitrogens with one attached hydrogen (secondary N) is 1. The van der Waals surface area contributed by atoms with E-state index in [9.17, 15) is 12.8 Å². The maximum atomic E-state index is 13.5. The molecule has 0 saturated carbocycles. The largest absolute Gasteiger partial charge is 0.272 e. The molecule has 0 fully saturated rings. The molecule has 1 N–H and O–H groups in total. The third kappa shape index (κ3) is 9.39. The van der Waals surface area contributed by atoms with Crippen molar-refractivity contribution in [3.8, 4) is 5.69 Å². The van der Waals surface area contributed by atoms with Crippen LogP contribution in [0.1, 0.15) is 74.0 Å².